The number of furan rings is 2. The highest BCUT2D eigenvalue weighted by atomic mass is 31.2. The van der Waals surface area contributed by atoms with Crippen LogP contribution < -0.4 is 61.6 Å². The third-order valence-corrected chi connectivity index (χ3v) is 16.2. The van der Waals surface area contributed by atoms with Gasteiger partial charge >= 0.3 is 43.2 Å². The first kappa shape index (κ1) is 86.3. The number of rotatable bonds is 27. The fourth-order valence-corrected chi connectivity index (χ4v) is 10.5. The summed E-state index contributed by atoms with van der Waals surface area (Å²) in [5, 5.41) is 27.6. The number of nitrogens with two attached hydrogens (primary N) is 1. The maximum absolute atomic E-state index is 14.9. The number of benzene rings is 2. The maximum atomic E-state index is 14.9. The van der Waals surface area contributed by atoms with Crippen LogP contribution in [-0.4, -0.2) is 172 Å². The van der Waals surface area contributed by atoms with Crippen LogP contribution in [0.2, 0.25) is 0 Å². The molecule has 34 nitrogen and oxygen atoms in total. The van der Waals surface area contributed by atoms with Gasteiger partial charge in [-0.3, -0.25) is 38.4 Å². The van der Waals surface area contributed by atoms with Crippen molar-refractivity contribution in [1.29, 1.82) is 0 Å². The lowest BCUT2D eigenvalue weighted by atomic mass is 10.1. The first-order chi connectivity index (χ1) is 46.0. The number of phosphoric acid groups is 1. The van der Waals surface area contributed by atoms with E-state index in [1.165, 1.54) is 55.0 Å². The van der Waals surface area contributed by atoms with Crippen molar-refractivity contribution in [2.24, 2.45) is 5.73 Å². The van der Waals surface area contributed by atoms with Crippen LogP contribution in [0.25, 0.3) is 21.9 Å². The van der Waals surface area contributed by atoms with Crippen LogP contribution in [0, 0.1) is 0 Å². The number of nitrogens with zero attached hydrogens (tertiary/aromatic N) is 4. The number of carbonyl (C=O) groups is 4. The molecule has 0 spiro atoms. The van der Waals surface area contributed by atoms with Crippen molar-refractivity contribution in [2.45, 2.75) is 150 Å². The lowest BCUT2D eigenvalue weighted by molar-refractivity contribution is -0.894. The summed E-state index contributed by atoms with van der Waals surface area (Å²) >= 11 is 0. The Kier molecular flexibility index (Phi) is 33.0. The number of fused-ring (bicyclic) bond motifs is 2. The van der Waals surface area contributed by atoms with Crippen LogP contribution in [0.1, 0.15) is 100 Å². The fraction of sp³-hybridized carbons (Fsp3) is 0.533. The number of ether oxygens (including phenoxy) is 8. The van der Waals surface area contributed by atoms with E-state index in [4.69, 9.17) is 61.9 Å². The Morgan fingerprint density at radius 3 is 1.36 bits per heavy atom. The number of quaternary nitrogens is 1. The van der Waals surface area contributed by atoms with E-state index in [1.807, 2.05) is 6.92 Å². The third-order valence-electron chi connectivity index (χ3n) is 14.6. The van der Waals surface area contributed by atoms with Crippen molar-refractivity contribution in [2.75, 3.05) is 71.9 Å². The number of carbonyl (C=O) groups excluding carboxylic acids is 4. The molecule has 6 heterocycles. The number of halogens is 4. The molecule has 10 atom stereocenters. The molecule has 0 aliphatic carbocycles. The Morgan fingerprint density at radius 2 is 1.05 bits per heavy atom. The van der Waals surface area contributed by atoms with E-state index in [0.29, 0.717) is 60.5 Å². The Bertz CT molecular complexity index is 3900. The third kappa shape index (κ3) is 23.3. The number of alkyl halides is 4. The number of methoxy groups -OCH3 is 4. The molecular formula is C60H87F4N9O25P2. The van der Waals surface area contributed by atoms with Crippen molar-refractivity contribution < 1.29 is 131 Å². The molecular weight excluding hydrogens is 1380 g/mol. The SMILES string of the molecule is C.C.CCC(=O)[C@H](C)N.CCC(=O)[C@H](C)NP(=O)(O)OC[C@H]1O[C@@H](n2ccc(NC(=O)OCc3cc4cc(OC)cc(OC)c4o3)nc2=O)C(F)(F)[C@@H]1O.CC[NH+](CC)CC.COc1cc(OC)c2oc(COC(=O)Nc3ccn([C@@H]4O[C@H](COP(=O)([O-])O)[C@@H](O)C4(F)F)c(=O)n3)cc2c1. The number of anilines is 2. The van der Waals surface area contributed by atoms with Gasteiger partial charge in [-0.1, -0.05) is 28.7 Å². The van der Waals surface area contributed by atoms with Gasteiger partial charge in [0.25, 0.3) is 7.82 Å². The van der Waals surface area contributed by atoms with Gasteiger partial charge in [-0.05, 0) is 71.0 Å². The molecule has 6 aromatic rings. The van der Waals surface area contributed by atoms with Crippen LogP contribution in [0.3, 0.4) is 0 Å². The smallest absolute Gasteiger partial charge is 0.413 e. The van der Waals surface area contributed by atoms with Gasteiger partial charge < -0.3 is 86.8 Å². The average molecular weight is 1470 g/mol. The predicted molar refractivity (Wildman–Crippen MR) is 347 cm³/mol. The molecule has 8 rings (SSSR count). The molecule has 2 aromatic carbocycles. The van der Waals surface area contributed by atoms with Gasteiger partial charge in [-0.25, -0.2) is 28.8 Å². The van der Waals surface area contributed by atoms with Crippen LogP contribution in [0.5, 0.6) is 23.0 Å². The Morgan fingerprint density at radius 1 is 0.660 bits per heavy atom. The van der Waals surface area contributed by atoms with Gasteiger partial charge in [-0.2, -0.15) is 27.5 Å². The van der Waals surface area contributed by atoms with E-state index in [9.17, 15) is 75.5 Å². The summed E-state index contributed by atoms with van der Waals surface area (Å²) in [7, 11) is -4.08. The van der Waals surface area contributed by atoms with E-state index < -0.39 is 113 Å². The number of nitrogens with one attached hydrogen (secondary N) is 4. The monoisotopic (exact) mass is 1470 g/mol. The van der Waals surface area contributed by atoms with Gasteiger partial charge in [0.1, 0.15) is 58.4 Å². The maximum Gasteiger partial charge on any atom is 0.413 e. The van der Waals surface area contributed by atoms with Gasteiger partial charge in [0.15, 0.2) is 48.1 Å². The summed E-state index contributed by atoms with van der Waals surface area (Å²) in [6.07, 6.45) is -13.5. The molecule has 100 heavy (non-hydrogen) atoms. The highest BCUT2D eigenvalue weighted by Gasteiger charge is 2.61. The van der Waals surface area contributed by atoms with E-state index in [0.717, 1.165) is 24.5 Å². The van der Waals surface area contributed by atoms with Crippen LogP contribution >= 0.6 is 15.6 Å². The standard InChI is InChI=1S/C26H31F2N4O12P.C21H22F2N3O12P.C6H15N.C5H11NO.2CH4/c1-5-17(33)13(2)31-45(37,38)42-12-19-22(34)26(27,28)23(44-19)32-7-6-20(29-24(32)35)30-25(36)41-11-16-9-14-8-15(39-3)10-18(40-4)21(14)43-16;1-33-11-5-10-6-12(37-16(10)13(7-11)34-2)8-35-20(29)25-15-3-4-26(19(28)24-15)18-21(22,23)17(27)14(38-18)9-36-39(30,31)32;1-4-7(5-2)6-3;1-3-5(7)4(2)6;;/h6-10,13,19,22-23,34H,5,11-12H2,1-4H3,(H2,31,37,38)(H,29,30,35,36);3-7,14,17-18,27H,8-9H2,1-2H3,(H2,30,31,32)(H,24,25,28,29);4-6H2,1-3H3;4H,3,6H2,1-2H3;2*1H4/t13-,19+,22+,23+;14-,17-,18-;;4-;;/m01.0../s1. The molecule has 2 amide bonds. The van der Waals surface area contributed by atoms with Gasteiger partial charge in [0, 0.05) is 48.1 Å². The number of hydrogen-bond acceptors (Lipinski definition) is 26. The number of phosphoric ester groups is 1. The minimum atomic E-state index is -5.28. The van der Waals surface area contributed by atoms with E-state index >= 15 is 0 Å². The molecule has 560 valence electrons. The van der Waals surface area contributed by atoms with Crippen molar-refractivity contribution in [3.8, 4) is 23.0 Å². The summed E-state index contributed by atoms with van der Waals surface area (Å²) in [6.45, 7) is 14.1. The summed E-state index contributed by atoms with van der Waals surface area (Å²) in [6, 6.07) is 10.4. The zero-order chi connectivity index (χ0) is 73.2. The van der Waals surface area contributed by atoms with Crippen LogP contribution in [-0.2, 0) is 59.9 Å². The minimum absolute atomic E-state index is 0. The molecule has 10 N–H and O–H groups in total. The number of amides is 2. The zero-order valence-corrected chi connectivity index (χ0v) is 56.7. The lowest BCUT2D eigenvalue weighted by Gasteiger charge is -2.21. The normalized spacial score (nSPS) is 19.7. The van der Waals surface area contributed by atoms with Gasteiger partial charge in [0.05, 0.1) is 73.4 Å². The highest BCUT2D eigenvalue weighted by Crippen LogP contribution is 2.46. The highest BCUT2D eigenvalue weighted by molar-refractivity contribution is 7.50. The van der Waals surface area contributed by atoms with Crippen LogP contribution in [0.15, 0.2) is 79.3 Å². The van der Waals surface area contributed by atoms with Crippen LogP contribution in [0.4, 0.5) is 38.8 Å². The second-order valence-electron chi connectivity index (χ2n) is 21.3. The molecule has 2 unspecified atom stereocenters. The number of Topliss-reactive ketones (excluding diaryl/α,β-unsaturated/α-hetero) is 2. The summed E-state index contributed by atoms with van der Waals surface area (Å²) in [5.41, 5.74) is 3.40. The van der Waals surface area contributed by atoms with Gasteiger partial charge in [0.2, 0.25) is 12.5 Å². The number of aliphatic hydroxyl groups excluding tert-OH is 2. The summed E-state index contributed by atoms with van der Waals surface area (Å²) in [5.74, 6) is -6.78. The average Bonchev–Trinajstić information content (AvgIpc) is 1.62. The molecule has 0 bridgehead atoms. The number of aromatic nitrogens is 4. The van der Waals surface area contributed by atoms with E-state index in [2.05, 4.69) is 51.0 Å². The molecule has 2 fully saturated rings. The molecule has 2 saturated heterocycles. The number of ketones is 2. The predicted octanol–water partition coefficient (Wildman–Crippen LogP) is 5.37. The zero-order valence-electron chi connectivity index (χ0n) is 54.9. The summed E-state index contributed by atoms with van der Waals surface area (Å²) < 4.78 is 144. The molecule has 2 aliphatic heterocycles. The Hall–Kier alpha value is -7.94. The fourth-order valence-electron chi connectivity index (χ4n) is 9.14. The quantitative estimate of drug-likeness (QED) is 0.0231. The van der Waals surface area contributed by atoms with E-state index in [1.54, 1.807) is 55.1 Å². The molecule has 4 aromatic heterocycles. The lowest BCUT2D eigenvalue weighted by Crippen LogP contribution is -3.11. The Labute approximate surface area is 571 Å². The van der Waals surface area contributed by atoms with Gasteiger partial charge in [-0.15, -0.1) is 0 Å². The summed E-state index contributed by atoms with van der Waals surface area (Å²) in [4.78, 5) is 110. The topological polar surface area (TPSA) is 461 Å². The molecule has 0 saturated carbocycles. The van der Waals surface area contributed by atoms with Crippen molar-refractivity contribution in [3.05, 3.63) is 93.4 Å². The van der Waals surface area contributed by atoms with E-state index in [-0.39, 0.29) is 69.5 Å². The largest absolute Gasteiger partial charge is 0.756 e. The van der Waals surface area contributed by atoms with Crippen molar-refractivity contribution in [3.63, 3.8) is 0 Å². The second kappa shape index (κ2) is 38.2. The molecule has 2 aliphatic rings. The first-order valence-corrected chi connectivity index (χ1v) is 33.0. The first-order valence-electron chi connectivity index (χ1n) is 29.9. The minimum Gasteiger partial charge on any atom is -0.756 e. The van der Waals surface area contributed by atoms with Crippen molar-refractivity contribution in [1.82, 2.24) is 24.2 Å². The number of aliphatic hydroxyl groups is 2. The van der Waals surface area contributed by atoms with Crippen molar-refractivity contribution >= 4 is 72.9 Å². The molecule has 0 radical (unpaired) electrons. The molecule has 40 heteroatoms. The Balaban J connectivity index is 0.000000431. The second-order valence-corrected chi connectivity index (χ2v) is 24.0. The number of hydrogen-bond donors (Lipinski definition) is 9.